The van der Waals surface area contributed by atoms with Gasteiger partial charge in [0.2, 0.25) is 0 Å². The van der Waals surface area contributed by atoms with Crippen LogP contribution in [-0.2, 0) is 20.7 Å². The quantitative estimate of drug-likeness (QED) is 0.127. The Labute approximate surface area is 299 Å². The van der Waals surface area contributed by atoms with Crippen LogP contribution in [0.15, 0.2) is 95.0 Å². The Kier molecular flexibility index (Phi) is 12.8. The lowest BCUT2D eigenvalue weighted by Crippen LogP contribution is -2.52. The Morgan fingerprint density at radius 1 is 0.939 bits per heavy atom. The van der Waals surface area contributed by atoms with Gasteiger partial charge in [-0.25, -0.2) is 9.59 Å². The number of carbonyl (C=O) groups is 2. The number of methoxy groups -OCH3 is 2. The zero-order valence-electron chi connectivity index (χ0n) is 28.3. The van der Waals surface area contributed by atoms with Crippen molar-refractivity contribution >= 4 is 35.1 Å². The van der Waals surface area contributed by atoms with Crippen molar-refractivity contribution in [2.24, 2.45) is 5.92 Å². The lowest BCUT2D eigenvalue weighted by molar-refractivity contribution is -0.161. The summed E-state index contributed by atoms with van der Waals surface area (Å²) >= 11 is 12.6. The summed E-state index contributed by atoms with van der Waals surface area (Å²) < 4.78 is 23.1. The van der Waals surface area contributed by atoms with Gasteiger partial charge >= 0.3 is 11.9 Å². The molecule has 0 aliphatic carbocycles. The van der Waals surface area contributed by atoms with E-state index in [-0.39, 0.29) is 23.5 Å². The molecule has 6 rings (SSSR count). The fraction of sp³-hybridized carbons (Fsp3) is 0.385. The van der Waals surface area contributed by atoms with Gasteiger partial charge in [-0.15, -0.1) is 0 Å². The van der Waals surface area contributed by atoms with Crippen molar-refractivity contribution in [3.63, 3.8) is 0 Å². The fourth-order valence-electron chi connectivity index (χ4n) is 6.56. The van der Waals surface area contributed by atoms with Gasteiger partial charge in [0, 0.05) is 29.6 Å². The van der Waals surface area contributed by atoms with E-state index in [2.05, 4.69) is 16.8 Å². The molecule has 3 aromatic rings. The van der Waals surface area contributed by atoms with Crippen LogP contribution in [0, 0.1) is 5.92 Å². The maximum Gasteiger partial charge on any atom is 0.338 e. The van der Waals surface area contributed by atoms with Crippen LogP contribution >= 0.6 is 23.2 Å². The number of rotatable bonds is 15. The molecular formula is C39H44Cl2N2O6. The summed E-state index contributed by atoms with van der Waals surface area (Å²) in [5.74, 6) is 0.697. The van der Waals surface area contributed by atoms with Gasteiger partial charge in [-0.05, 0) is 91.7 Å². The smallest absolute Gasteiger partial charge is 0.338 e. The molecule has 10 heteroatoms. The highest BCUT2D eigenvalue weighted by Crippen LogP contribution is 2.37. The minimum absolute atomic E-state index is 0.0732. The van der Waals surface area contributed by atoms with E-state index in [1.165, 1.54) is 0 Å². The van der Waals surface area contributed by atoms with E-state index in [4.69, 9.17) is 42.1 Å². The number of hydrogen-bond acceptors (Lipinski definition) is 8. The highest BCUT2D eigenvalue weighted by Gasteiger charge is 2.38. The third-order valence-electron chi connectivity index (χ3n) is 9.32. The van der Waals surface area contributed by atoms with E-state index in [9.17, 15) is 9.59 Å². The van der Waals surface area contributed by atoms with E-state index in [0.717, 1.165) is 43.6 Å². The van der Waals surface area contributed by atoms with Crippen molar-refractivity contribution in [3.8, 4) is 11.5 Å². The molecule has 3 aliphatic rings. The molecule has 1 unspecified atom stereocenters. The normalized spacial score (nSPS) is 20.1. The summed E-state index contributed by atoms with van der Waals surface area (Å²) in [5.41, 5.74) is 3.41. The second-order valence-electron chi connectivity index (χ2n) is 12.5. The van der Waals surface area contributed by atoms with E-state index in [1.807, 2.05) is 54.6 Å². The predicted molar refractivity (Wildman–Crippen MR) is 192 cm³/mol. The van der Waals surface area contributed by atoms with E-state index < -0.39 is 18.1 Å². The third-order valence-corrected chi connectivity index (χ3v) is 9.77. The number of ether oxygens (including phenoxy) is 4. The molecule has 0 radical (unpaired) electrons. The Morgan fingerprint density at radius 3 is 2.31 bits per heavy atom. The van der Waals surface area contributed by atoms with Crippen LogP contribution in [0.4, 0.5) is 0 Å². The third kappa shape index (κ3) is 9.45. The molecule has 3 saturated heterocycles. The Morgan fingerprint density at radius 2 is 1.67 bits per heavy atom. The van der Waals surface area contributed by atoms with Crippen LogP contribution in [0.3, 0.4) is 0 Å². The number of hydrogen-bond donors (Lipinski definition) is 1. The van der Waals surface area contributed by atoms with Gasteiger partial charge in [0.05, 0.1) is 19.8 Å². The average Bonchev–Trinajstić information content (AvgIpc) is 3.12. The molecule has 3 atom stereocenters. The van der Waals surface area contributed by atoms with Crippen LogP contribution in [0.25, 0.3) is 0 Å². The monoisotopic (exact) mass is 706 g/mol. The highest BCUT2D eigenvalue weighted by molar-refractivity contribution is 6.35. The number of benzene rings is 3. The van der Waals surface area contributed by atoms with Crippen LogP contribution in [0.1, 0.15) is 65.4 Å². The van der Waals surface area contributed by atoms with Crippen molar-refractivity contribution in [2.45, 2.75) is 50.9 Å². The first kappa shape index (κ1) is 36.5. The summed E-state index contributed by atoms with van der Waals surface area (Å²) in [7, 11) is 3.10. The summed E-state index contributed by atoms with van der Waals surface area (Å²) in [6.45, 7) is 9.01. The van der Waals surface area contributed by atoms with Crippen molar-refractivity contribution in [1.29, 1.82) is 0 Å². The van der Waals surface area contributed by atoms with Crippen molar-refractivity contribution < 1.29 is 28.5 Å². The Hall–Kier alpha value is -3.82. The zero-order chi connectivity index (χ0) is 34.9. The molecular weight excluding hydrogens is 663 g/mol. The van der Waals surface area contributed by atoms with Crippen LogP contribution in [0.2, 0.25) is 0 Å². The number of carbonyl (C=O) groups excluding carboxylic acids is 2. The number of esters is 2. The fourth-order valence-corrected chi connectivity index (χ4v) is 7.02. The molecule has 3 fully saturated rings. The molecule has 3 heterocycles. The second-order valence-corrected chi connectivity index (χ2v) is 13.5. The van der Waals surface area contributed by atoms with Crippen LogP contribution < -0.4 is 14.8 Å². The predicted octanol–water partition coefficient (Wildman–Crippen LogP) is 7.77. The molecule has 0 spiro atoms. The molecule has 2 bridgehead atoms. The van der Waals surface area contributed by atoms with E-state index in [0.29, 0.717) is 52.1 Å². The Balaban J connectivity index is 1.28. The molecule has 260 valence electrons. The topological polar surface area (TPSA) is 86.3 Å². The average molecular weight is 708 g/mol. The molecule has 0 aromatic heterocycles. The highest BCUT2D eigenvalue weighted by atomic mass is 35.5. The number of nitrogens with zero attached hydrogens (tertiary/aromatic N) is 1. The summed E-state index contributed by atoms with van der Waals surface area (Å²) in [6, 6.07) is 21.7. The van der Waals surface area contributed by atoms with Crippen molar-refractivity contribution in [1.82, 2.24) is 10.2 Å². The lowest BCUT2D eigenvalue weighted by atomic mass is 9.86. The minimum atomic E-state index is -0.745. The largest absolute Gasteiger partial charge is 0.493 e. The number of halogens is 2. The molecule has 8 nitrogen and oxygen atoms in total. The van der Waals surface area contributed by atoms with Gasteiger partial charge in [0.15, 0.2) is 11.5 Å². The number of allylic oxidation sites excluding steroid dienone is 2. The molecule has 3 aromatic carbocycles. The molecule has 49 heavy (non-hydrogen) atoms. The van der Waals surface area contributed by atoms with Gasteiger partial charge in [-0.2, -0.15) is 0 Å². The molecule has 3 aliphatic heterocycles. The van der Waals surface area contributed by atoms with Crippen LogP contribution in [0.5, 0.6) is 11.5 Å². The lowest BCUT2D eigenvalue weighted by Gasteiger charge is -2.44. The maximum absolute atomic E-state index is 13.6. The standard InChI is InChI=1S/C39H44Cl2N2O6/c1-25(40)32(26(2)41)23-34(30-13-14-33(46-3)35(22-30)47-4)48-38(44)31-12-8-9-27(21-31)15-18-42-37(29-10-6-5-7-11-29)39(45)49-36-24-43-19-16-28(36)17-20-43/h5-14,21-22,28,34,36-37,42H,1,15-20,23-24H2,2-4H3/b32-26+/t34-,36-,37?/m0/s1. The van der Waals surface area contributed by atoms with Gasteiger partial charge < -0.3 is 24.3 Å². The minimum Gasteiger partial charge on any atom is -0.493 e. The summed E-state index contributed by atoms with van der Waals surface area (Å²) in [4.78, 5) is 29.5. The van der Waals surface area contributed by atoms with Gasteiger partial charge in [0.1, 0.15) is 18.2 Å². The summed E-state index contributed by atoms with van der Waals surface area (Å²) in [5, 5.41) is 4.14. The number of piperidine rings is 3. The maximum atomic E-state index is 13.6. The second kappa shape index (κ2) is 17.2. The van der Waals surface area contributed by atoms with Crippen molar-refractivity contribution in [3.05, 3.63) is 117 Å². The van der Waals surface area contributed by atoms with E-state index in [1.54, 1.807) is 39.3 Å². The number of nitrogens with one attached hydrogen (secondary N) is 1. The molecule has 0 amide bonds. The number of fused-ring (bicyclic) bond motifs is 3. The first-order chi connectivity index (χ1) is 23.7. The summed E-state index contributed by atoms with van der Waals surface area (Å²) in [6.07, 6.45) is 2.10. The van der Waals surface area contributed by atoms with Gasteiger partial charge in [0.25, 0.3) is 0 Å². The van der Waals surface area contributed by atoms with E-state index >= 15 is 0 Å². The van der Waals surface area contributed by atoms with Gasteiger partial charge in [-0.3, -0.25) is 4.90 Å². The SMILES string of the molecule is C=C(Cl)/C(C[C@H](OC(=O)c1cccc(CCNC(C(=O)O[C@H]2CN3CCC2CC3)c2ccccc2)c1)c1ccc(OC)c(OC)c1)=C(\C)Cl. The van der Waals surface area contributed by atoms with Gasteiger partial charge in [-0.1, -0.05) is 78.3 Å². The molecule has 0 saturated carbocycles. The van der Waals surface area contributed by atoms with Crippen LogP contribution in [-0.4, -0.2) is 63.3 Å². The first-order valence-electron chi connectivity index (χ1n) is 16.6. The zero-order valence-corrected chi connectivity index (χ0v) is 29.8. The first-order valence-corrected chi connectivity index (χ1v) is 17.4. The molecule has 1 N–H and O–H groups in total. The Bertz CT molecular complexity index is 1650. The van der Waals surface area contributed by atoms with Crippen molar-refractivity contribution in [2.75, 3.05) is 40.4 Å².